The van der Waals surface area contributed by atoms with Gasteiger partial charge in [-0.05, 0) is 37.8 Å². The predicted octanol–water partition coefficient (Wildman–Crippen LogP) is 2.25. The zero-order valence-corrected chi connectivity index (χ0v) is 15.0. The number of hydrogen-bond donors (Lipinski definition) is 2. The van der Waals surface area contributed by atoms with Crippen molar-refractivity contribution >= 4 is 0 Å². The summed E-state index contributed by atoms with van der Waals surface area (Å²) in [4.78, 5) is 2.38. The summed E-state index contributed by atoms with van der Waals surface area (Å²) in [6.07, 6.45) is 4.32. The number of para-hydroxylation sites is 1. The Morgan fingerprint density at radius 1 is 1.19 bits per heavy atom. The molecule has 2 aliphatic rings. The Bertz CT molecular complexity index is 740. The molecule has 4 rings (SSSR count). The van der Waals surface area contributed by atoms with E-state index in [0.717, 1.165) is 50.5 Å². The van der Waals surface area contributed by atoms with Crippen LogP contribution < -0.4 is 4.74 Å². The van der Waals surface area contributed by atoms with Gasteiger partial charge < -0.3 is 14.9 Å². The lowest BCUT2D eigenvalue weighted by molar-refractivity contribution is 0.0915. The predicted molar refractivity (Wildman–Crippen MR) is 97.7 cm³/mol. The van der Waals surface area contributed by atoms with Crippen molar-refractivity contribution in [2.75, 3.05) is 13.2 Å². The van der Waals surface area contributed by atoms with Gasteiger partial charge in [-0.1, -0.05) is 18.2 Å². The van der Waals surface area contributed by atoms with Gasteiger partial charge in [0.25, 0.3) is 0 Å². The largest absolute Gasteiger partial charge is 0.490 e. The fourth-order valence-corrected chi connectivity index (χ4v) is 3.91. The molecule has 2 N–H and O–H groups in total. The lowest BCUT2D eigenvalue weighted by Crippen LogP contribution is -2.33. The van der Waals surface area contributed by atoms with E-state index in [4.69, 9.17) is 9.84 Å². The van der Waals surface area contributed by atoms with E-state index in [-0.39, 0.29) is 6.61 Å². The maximum atomic E-state index is 9.80. The number of rotatable bonds is 6. The SMILES string of the molecule is OC[C@@H](O)c1cc2n(n1)CCN(Cc1ccccc1OC1CCCC1)C2. The fraction of sp³-hybridized carbons (Fsp3) is 0.550. The molecular weight excluding hydrogens is 330 g/mol. The molecule has 0 radical (unpaired) electrons. The van der Waals surface area contributed by atoms with Crippen LogP contribution in [0, 0.1) is 0 Å². The highest BCUT2D eigenvalue weighted by Gasteiger charge is 2.23. The van der Waals surface area contributed by atoms with Gasteiger partial charge in [0.1, 0.15) is 11.9 Å². The van der Waals surface area contributed by atoms with Crippen LogP contribution in [0.25, 0.3) is 0 Å². The molecule has 1 fully saturated rings. The third-order valence-corrected chi connectivity index (χ3v) is 5.37. The first-order valence-corrected chi connectivity index (χ1v) is 9.55. The Balaban J connectivity index is 1.44. The molecule has 140 valence electrons. The van der Waals surface area contributed by atoms with Gasteiger partial charge >= 0.3 is 0 Å². The molecule has 26 heavy (non-hydrogen) atoms. The molecule has 2 heterocycles. The van der Waals surface area contributed by atoms with Crippen molar-refractivity contribution in [1.29, 1.82) is 0 Å². The molecule has 1 atom stereocenters. The minimum Gasteiger partial charge on any atom is -0.490 e. The number of fused-ring (bicyclic) bond motifs is 1. The molecule has 1 aliphatic carbocycles. The quantitative estimate of drug-likeness (QED) is 0.830. The van der Waals surface area contributed by atoms with Crippen LogP contribution in [-0.2, 0) is 19.6 Å². The van der Waals surface area contributed by atoms with E-state index in [0.29, 0.717) is 11.8 Å². The monoisotopic (exact) mass is 357 g/mol. The Hall–Kier alpha value is -1.89. The van der Waals surface area contributed by atoms with Crippen LogP contribution in [0.15, 0.2) is 30.3 Å². The number of nitrogens with zero attached hydrogens (tertiary/aromatic N) is 3. The summed E-state index contributed by atoms with van der Waals surface area (Å²) in [7, 11) is 0. The molecule has 1 aromatic heterocycles. The maximum absolute atomic E-state index is 9.80. The smallest absolute Gasteiger partial charge is 0.124 e. The number of aliphatic hydroxyl groups excluding tert-OH is 2. The van der Waals surface area contributed by atoms with E-state index < -0.39 is 6.10 Å². The molecule has 2 aromatic rings. The number of ether oxygens (including phenoxy) is 1. The van der Waals surface area contributed by atoms with Crippen LogP contribution in [0.5, 0.6) is 5.75 Å². The van der Waals surface area contributed by atoms with E-state index >= 15 is 0 Å². The first kappa shape index (κ1) is 17.5. The van der Waals surface area contributed by atoms with Crippen molar-refractivity contribution in [1.82, 2.24) is 14.7 Å². The van der Waals surface area contributed by atoms with E-state index in [1.165, 1.54) is 18.4 Å². The number of hydrogen-bond acceptors (Lipinski definition) is 5. The second-order valence-electron chi connectivity index (χ2n) is 7.32. The summed E-state index contributed by atoms with van der Waals surface area (Å²) in [6, 6.07) is 10.2. The van der Waals surface area contributed by atoms with E-state index in [1.54, 1.807) is 0 Å². The van der Waals surface area contributed by atoms with Crippen LogP contribution in [0.2, 0.25) is 0 Å². The van der Waals surface area contributed by atoms with Gasteiger partial charge in [-0.2, -0.15) is 5.10 Å². The fourth-order valence-electron chi connectivity index (χ4n) is 3.91. The summed E-state index contributed by atoms with van der Waals surface area (Å²) in [5.74, 6) is 1.01. The maximum Gasteiger partial charge on any atom is 0.124 e. The van der Waals surface area contributed by atoms with E-state index in [2.05, 4.69) is 28.2 Å². The lowest BCUT2D eigenvalue weighted by Gasteiger charge is -2.28. The molecule has 1 aromatic carbocycles. The van der Waals surface area contributed by atoms with Gasteiger partial charge in [-0.25, -0.2) is 0 Å². The van der Waals surface area contributed by atoms with Gasteiger partial charge in [-0.3, -0.25) is 9.58 Å². The van der Waals surface area contributed by atoms with Crippen molar-refractivity contribution in [3.63, 3.8) is 0 Å². The second kappa shape index (κ2) is 7.78. The number of aliphatic hydroxyl groups is 2. The molecule has 0 bridgehead atoms. The van der Waals surface area contributed by atoms with Gasteiger partial charge in [0.05, 0.1) is 30.6 Å². The standard InChI is InChI=1S/C20H27N3O3/c24-14-19(25)18-11-16-13-22(9-10-23(16)21-18)12-15-5-1-4-8-20(15)26-17-6-2-3-7-17/h1,4-5,8,11,17,19,24-25H,2-3,6-7,9-10,12-14H2/t19-/m1/s1. The summed E-state index contributed by atoms with van der Waals surface area (Å²) in [6.45, 7) is 3.02. The Labute approximate surface area is 154 Å². The first-order chi connectivity index (χ1) is 12.7. The van der Waals surface area contributed by atoms with Crippen LogP contribution in [0.1, 0.15) is 48.7 Å². The van der Waals surface area contributed by atoms with Crippen LogP contribution in [-0.4, -0.2) is 44.1 Å². The molecule has 0 spiro atoms. The molecule has 0 saturated heterocycles. The molecule has 6 nitrogen and oxygen atoms in total. The van der Waals surface area contributed by atoms with Gasteiger partial charge in [0, 0.05) is 25.2 Å². The lowest BCUT2D eigenvalue weighted by atomic mass is 10.1. The summed E-state index contributed by atoms with van der Waals surface area (Å²) >= 11 is 0. The average Bonchev–Trinajstić information content (AvgIpc) is 3.32. The highest BCUT2D eigenvalue weighted by molar-refractivity contribution is 5.33. The van der Waals surface area contributed by atoms with Crippen molar-refractivity contribution in [2.24, 2.45) is 0 Å². The van der Waals surface area contributed by atoms with Crippen molar-refractivity contribution in [3.05, 3.63) is 47.3 Å². The van der Waals surface area contributed by atoms with Gasteiger partial charge in [0.2, 0.25) is 0 Å². The first-order valence-electron chi connectivity index (χ1n) is 9.55. The molecule has 1 aliphatic heterocycles. The third-order valence-electron chi connectivity index (χ3n) is 5.37. The average molecular weight is 357 g/mol. The van der Waals surface area contributed by atoms with Crippen LogP contribution >= 0.6 is 0 Å². The second-order valence-corrected chi connectivity index (χ2v) is 7.32. The molecule has 0 unspecified atom stereocenters. The number of aromatic nitrogens is 2. The summed E-state index contributed by atoms with van der Waals surface area (Å²) in [5.41, 5.74) is 2.85. The van der Waals surface area contributed by atoms with Crippen LogP contribution in [0.3, 0.4) is 0 Å². The highest BCUT2D eigenvalue weighted by atomic mass is 16.5. The van der Waals surface area contributed by atoms with E-state index in [1.807, 2.05) is 16.8 Å². The Kier molecular flexibility index (Phi) is 5.24. The Morgan fingerprint density at radius 2 is 2.00 bits per heavy atom. The van der Waals surface area contributed by atoms with Crippen molar-refractivity contribution in [2.45, 2.75) is 57.5 Å². The topological polar surface area (TPSA) is 70.8 Å². The summed E-state index contributed by atoms with van der Waals surface area (Å²) in [5, 5.41) is 23.3. The molecule has 0 amide bonds. The minimum atomic E-state index is -0.901. The number of benzene rings is 1. The minimum absolute atomic E-state index is 0.300. The zero-order valence-electron chi connectivity index (χ0n) is 15.0. The van der Waals surface area contributed by atoms with E-state index in [9.17, 15) is 5.11 Å². The summed E-state index contributed by atoms with van der Waals surface area (Å²) < 4.78 is 8.20. The molecular formula is C20H27N3O3. The third kappa shape index (κ3) is 3.77. The van der Waals surface area contributed by atoms with Crippen molar-refractivity contribution < 1.29 is 14.9 Å². The van der Waals surface area contributed by atoms with Gasteiger partial charge in [-0.15, -0.1) is 0 Å². The van der Waals surface area contributed by atoms with Crippen LogP contribution in [0.4, 0.5) is 0 Å². The normalized spacial score (nSPS) is 19.5. The van der Waals surface area contributed by atoms with Gasteiger partial charge in [0.15, 0.2) is 0 Å². The van der Waals surface area contributed by atoms with Crippen molar-refractivity contribution in [3.8, 4) is 5.75 Å². The highest BCUT2D eigenvalue weighted by Crippen LogP contribution is 2.28. The zero-order chi connectivity index (χ0) is 17.9. The molecule has 6 heteroatoms. The Morgan fingerprint density at radius 3 is 2.81 bits per heavy atom. The molecule has 1 saturated carbocycles.